The molecule has 1 atom stereocenters. The van der Waals surface area contributed by atoms with Crippen LogP contribution in [0.2, 0.25) is 0 Å². The fraction of sp³-hybridized carbons (Fsp3) is 0.412. The molecule has 2 heterocycles. The zero-order chi connectivity index (χ0) is 18.8. The van der Waals surface area contributed by atoms with Crippen LogP contribution >= 0.6 is 0 Å². The van der Waals surface area contributed by atoms with Crippen molar-refractivity contribution < 1.29 is 18.8 Å². The summed E-state index contributed by atoms with van der Waals surface area (Å²) >= 11 is 0. The Morgan fingerprint density at radius 2 is 2.15 bits per heavy atom. The van der Waals surface area contributed by atoms with E-state index in [9.17, 15) is 18.8 Å². The van der Waals surface area contributed by atoms with E-state index in [0.29, 0.717) is 29.8 Å². The lowest BCUT2D eigenvalue weighted by atomic mass is 10.2. The number of carbonyl (C=O) groups excluding carboxylic acids is 3. The molecule has 9 heteroatoms. The van der Waals surface area contributed by atoms with Crippen LogP contribution in [0.15, 0.2) is 18.2 Å². The summed E-state index contributed by atoms with van der Waals surface area (Å²) in [5.41, 5.74) is 1.16. The van der Waals surface area contributed by atoms with Crippen molar-refractivity contribution in [2.75, 3.05) is 13.6 Å². The zero-order valence-corrected chi connectivity index (χ0v) is 14.6. The Morgan fingerprint density at radius 3 is 2.88 bits per heavy atom. The number of imidazole rings is 1. The molecule has 1 saturated heterocycles. The van der Waals surface area contributed by atoms with E-state index in [1.165, 1.54) is 17.0 Å². The molecule has 2 aromatic rings. The molecule has 1 aromatic heterocycles. The number of urea groups is 1. The Balaban J connectivity index is 1.62. The van der Waals surface area contributed by atoms with Crippen molar-refractivity contribution in [1.82, 2.24) is 25.1 Å². The molecule has 138 valence electrons. The number of fused-ring (bicyclic) bond motifs is 1. The number of halogens is 1. The molecule has 0 bridgehead atoms. The molecular weight excluding hydrogens is 341 g/mol. The molecule has 1 aliphatic rings. The number of amides is 4. The van der Waals surface area contributed by atoms with Gasteiger partial charge in [-0.3, -0.25) is 14.5 Å². The van der Waals surface area contributed by atoms with Crippen molar-refractivity contribution >= 4 is 28.9 Å². The molecule has 2 N–H and O–H groups in total. The number of imide groups is 1. The van der Waals surface area contributed by atoms with Gasteiger partial charge in [-0.15, -0.1) is 0 Å². The zero-order valence-electron chi connectivity index (χ0n) is 14.6. The normalized spacial score (nSPS) is 17.0. The van der Waals surface area contributed by atoms with Crippen LogP contribution in [0.4, 0.5) is 9.18 Å². The predicted octanol–water partition coefficient (Wildman–Crippen LogP) is 1.38. The Kier molecular flexibility index (Phi) is 4.88. The van der Waals surface area contributed by atoms with Gasteiger partial charge in [0.25, 0.3) is 5.91 Å². The number of benzene rings is 1. The first-order chi connectivity index (χ1) is 12.4. The largest absolute Gasteiger partial charge is 0.340 e. The fourth-order valence-electron chi connectivity index (χ4n) is 2.90. The average molecular weight is 361 g/mol. The lowest BCUT2D eigenvalue weighted by molar-refractivity contribution is -0.135. The van der Waals surface area contributed by atoms with Gasteiger partial charge >= 0.3 is 6.03 Å². The van der Waals surface area contributed by atoms with Crippen LogP contribution in [0, 0.1) is 5.82 Å². The van der Waals surface area contributed by atoms with Crippen LogP contribution in [-0.4, -0.2) is 57.2 Å². The maximum absolute atomic E-state index is 13.2. The monoisotopic (exact) mass is 361 g/mol. The third-order valence-electron chi connectivity index (χ3n) is 4.24. The highest BCUT2D eigenvalue weighted by Gasteiger charge is 2.38. The van der Waals surface area contributed by atoms with Crippen molar-refractivity contribution in [3.8, 4) is 0 Å². The van der Waals surface area contributed by atoms with E-state index >= 15 is 0 Å². The molecule has 1 aromatic carbocycles. The number of nitrogens with one attached hydrogen (secondary N) is 2. The number of hydrogen-bond acceptors (Lipinski definition) is 4. The van der Waals surface area contributed by atoms with Crippen LogP contribution in [0.3, 0.4) is 0 Å². The van der Waals surface area contributed by atoms with Gasteiger partial charge in [0, 0.05) is 13.6 Å². The summed E-state index contributed by atoms with van der Waals surface area (Å²) in [5.74, 6) is -0.536. The lowest BCUT2D eigenvalue weighted by Gasteiger charge is -2.17. The predicted molar refractivity (Wildman–Crippen MR) is 91.5 cm³/mol. The van der Waals surface area contributed by atoms with E-state index in [1.807, 2.05) is 6.92 Å². The number of nitrogens with zero attached hydrogens (tertiary/aromatic N) is 3. The van der Waals surface area contributed by atoms with Gasteiger partial charge in [-0.05, 0) is 24.6 Å². The third-order valence-corrected chi connectivity index (χ3v) is 4.24. The minimum Gasteiger partial charge on any atom is -0.340 e. The third kappa shape index (κ3) is 3.51. The van der Waals surface area contributed by atoms with Crippen LogP contribution in [0.25, 0.3) is 11.0 Å². The maximum atomic E-state index is 13.2. The second kappa shape index (κ2) is 7.11. The van der Waals surface area contributed by atoms with Gasteiger partial charge in [-0.1, -0.05) is 6.92 Å². The Morgan fingerprint density at radius 1 is 1.38 bits per heavy atom. The number of aromatic amines is 1. The summed E-state index contributed by atoms with van der Waals surface area (Å²) in [6, 6.07) is 2.91. The van der Waals surface area contributed by atoms with Crippen LogP contribution in [0.5, 0.6) is 0 Å². The van der Waals surface area contributed by atoms with E-state index in [1.54, 1.807) is 13.1 Å². The molecule has 0 unspecified atom stereocenters. The fourth-order valence-corrected chi connectivity index (χ4v) is 2.90. The molecule has 1 aliphatic heterocycles. The number of hydrogen-bond donors (Lipinski definition) is 2. The highest BCUT2D eigenvalue weighted by molar-refractivity contribution is 6.05. The molecule has 1 fully saturated rings. The highest BCUT2D eigenvalue weighted by atomic mass is 19.1. The van der Waals surface area contributed by atoms with E-state index < -0.39 is 12.1 Å². The van der Waals surface area contributed by atoms with E-state index in [4.69, 9.17) is 0 Å². The maximum Gasteiger partial charge on any atom is 0.324 e. The summed E-state index contributed by atoms with van der Waals surface area (Å²) in [5, 5.41) is 2.54. The van der Waals surface area contributed by atoms with E-state index in [0.717, 1.165) is 4.90 Å². The minimum absolute atomic E-state index is 0.115. The second-order valence-corrected chi connectivity index (χ2v) is 6.29. The standard InChI is InChI=1S/C17H20FN5O3/c1-3-6-23-16(25)13(21-17(23)26)8-15(24)22(2)9-14-19-11-5-4-10(18)7-12(11)20-14/h4-5,7,13H,3,6,8-9H2,1-2H3,(H,19,20)(H,21,26)/t13-/m0/s1. The molecule has 8 nitrogen and oxygen atoms in total. The molecule has 0 aliphatic carbocycles. The van der Waals surface area contributed by atoms with Crippen molar-refractivity contribution in [2.45, 2.75) is 32.4 Å². The molecule has 4 amide bonds. The SMILES string of the molecule is CCCN1C(=O)N[C@@H](CC(=O)N(C)Cc2nc3ccc(F)cc3[nH]2)C1=O. The van der Waals surface area contributed by atoms with Gasteiger partial charge < -0.3 is 15.2 Å². The molecule has 0 saturated carbocycles. The Labute approximate surface area is 149 Å². The molecule has 0 spiro atoms. The summed E-state index contributed by atoms with van der Waals surface area (Å²) in [6.45, 7) is 2.38. The van der Waals surface area contributed by atoms with E-state index in [2.05, 4.69) is 15.3 Å². The van der Waals surface area contributed by atoms with Gasteiger partial charge in [0.15, 0.2) is 0 Å². The van der Waals surface area contributed by atoms with Gasteiger partial charge in [-0.2, -0.15) is 0 Å². The number of rotatable bonds is 6. The summed E-state index contributed by atoms with van der Waals surface area (Å²) in [6.07, 6.45) is 0.544. The van der Waals surface area contributed by atoms with E-state index in [-0.39, 0.29) is 30.6 Å². The Bertz CT molecular complexity index is 865. The molecule has 0 radical (unpaired) electrons. The molecule has 3 rings (SSSR count). The van der Waals surface area contributed by atoms with Gasteiger partial charge in [-0.25, -0.2) is 14.2 Å². The highest BCUT2D eigenvalue weighted by Crippen LogP contribution is 2.15. The van der Waals surface area contributed by atoms with Crippen LogP contribution < -0.4 is 5.32 Å². The molecule has 26 heavy (non-hydrogen) atoms. The Hall–Kier alpha value is -2.97. The second-order valence-electron chi connectivity index (χ2n) is 6.29. The van der Waals surface area contributed by atoms with Crippen molar-refractivity contribution in [3.05, 3.63) is 29.8 Å². The average Bonchev–Trinajstić information content (AvgIpc) is 3.09. The molecular formula is C17H20FN5O3. The van der Waals surface area contributed by atoms with Crippen molar-refractivity contribution in [3.63, 3.8) is 0 Å². The lowest BCUT2D eigenvalue weighted by Crippen LogP contribution is -2.37. The van der Waals surface area contributed by atoms with Gasteiger partial charge in [0.05, 0.1) is 24.0 Å². The van der Waals surface area contributed by atoms with Gasteiger partial charge in [0.1, 0.15) is 17.7 Å². The smallest absolute Gasteiger partial charge is 0.324 e. The number of aromatic nitrogens is 2. The van der Waals surface area contributed by atoms with Gasteiger partial charge in [0.2, 0.25) is 5.91 Å². The van der Waals surface area contributed by atoms with Crippen LogP contribution in [0.1, 0.15) is 25.6 Å². The quantitative estimate of drug-likeness (QED) is 0.760. The minimum atomic E-state index is -0.839. The summed E-state index contributed by atoms with van der Waals surface area (Å²) in [7, 11) is 1.58. The summed E-state index contributed by atoms with van der Waals surface area (Å²) in [4.78, 5) is 46.2. The number of carbonyl (C=O) groups is 3. The number of H-pyrrole nitrogens is 1. The van der Waals surface area contributed by atoms with Crippen molar-refractivity contribution in [1.29, 1.82) is 0 Å². The van der Waals surface area contributed by atoms with Crippen molar-refractivity contribution in [2.24, 2.45) is 0 Å². The first kappa shape index (κ1) is 17.8. The first-order valence-electron chi connectivity index (χ1n) is 8.39. The summed E-state index contributed by atoms with van der Waals surface area (Å²) < 4.78 is 13.2. The first-order valence-corrected chi connectivity index (χ1v) is 8.39. The van der Waals surface area contributed by atoms with Crippen LogP contribution in [-0.2, 0) is 16.1 Å². The topological polar surface area (TPSA) is 98.4 Å².